The van der Waals surface area contributed by atoms with E-state index in [0.717, 1.165) is 0 Å². The molecule has 0 aliphatic carbocycles. The smallest absolute Gasteiger partial charge is 0.303 e. The molecule has 3 heterocycles. The topological polar surface area (TPSA) is 88.4 Å². The van der Waals surface area contributed by atoms with Crippen LogP contribution in [0, 0.1) is 0 Å². The highest BCUT2D eigenvalue weighted by Gasteiger charge is 2.42. The first-order chi connectivity index (χ1) is 13.0. The normalized spacial score (nSPS) is 23.3. The second-order valence-electron chi connectivity index (χ2n) is 8.59. The van der Waals surface area contributed by atoms with E-state index in [2.05, 4.69) is 48.8 Å². The van der Waals surface area contributed by atoms with Crippen molar-refractivity contribution in [3.05, 3.63) is 17.8 Å². The number of rotatable bonds is 5. The minimum atomic E-state index is -1.91. The summed E-state index contributed by atoms with van der Waals surface area (Å²) in [6.07, 6.45) is 2.29. The highest BCUT2D eigenvalue weighted by molar-refractivity contribution is 6.74. The molecule has 0 saturated carbocycles. The second-order valence-corrected chi connectivity index (χ2v) is 13.8. The molecular formula is C18H27ClN4O4Si. The van der Waals surface area contributed by atoms with Crippen LogP contribution in [0.25, 0.3) is 11.2 Å². The van der Waals surface area contributed by atoms with Gasteiger partial charge in [0.05, 0.1) is 19.0 Å². The van der Waals surface area contributed by atoms with Gasteiger partial charge in [-0.2, -0.15) is 0 Å². The van der Waals surface area contributed by atoms with Crippen molar-refractivity contribution in [3.63, 3.8) is 0 Å². The Hall–Kier alpha value is -1.55. The first-order valence-corrected chi connectivity index (χ1v) is 12.6. The molecular weight excluding hydrogens is 400 g/mol. The van der Waals surface area contributed by atoms with Crippen LogP contribution in [0.15, 0.2) is 12.7 Å². The summed E-state index contributed by atoms with van der Waals surface area (Å²) in [5.41, 5.74) is 1.02. The molecule has 0 amide bonds. The molecule has 0 aromatic carbocycles. The molecule has 1 aliphatic rings. The molecule has 0 bridgehead atoms. The molecule has 0 spiro atoms. The van der Waals surface area contributed by atoms with Crippen molar-refractivity contribution in [1.82, 2.24) is 19.5 Å². The van der Waals surface area contributed by atoms with Crippen LogP contribution in [-0.2, 0) is 18.7 Å². The lowest BCUT2D eigenvalue weighted by molar-refractivity contribution is -0.152. The van der Waals surface area contributed by atoms with E-state index in [1.165, 1.54) is 13.3 Å². The van der Waals surface area contributed by atoms with Crippen LogP contribution in [0.5, 0.6) is 0 Å². The standard InChI is InChI=1S/C18H27ClN4O4Si/c1-11(24)26-13-7-12(8-25-28(5,6)18(2,3)4)27-17(13)23-10-22-14-15(19)20-9-21-16(14)23/h9-10,12-13,17H,7-8H2,1-6H3. The Morgan fingerprint density at radius 2 is 2.07 bits per heavy atom. The fraction of sp³-hybridized carbons (Fsp3) is 0.667. The average Bonchev–Trinajstić information content (AvgIpc) is 3.16. The Morgan fingerprint density at radius 3 is 2.71 bits per heavy atom. The van der Waals surface area contributed by atoms with Crippen LogP contribution >= 0.6 is 11.6 Å². The fourth-order valence-corrected chi connectivity index (χ4v) is 4.13. The van der Waals surface area contributed by atoms with Gasteiger partial charge in [-0.25, -0.2) is 15.0 Å². The SMILES string of the molecule is CC(=O)OC1CC(CO[Si](C)(C)C(C)(C)C)OC1n1cnc2c(Cl)ncnc21. The minimum Gasteiger partial charge on any atom is -0.458 e. The maximum atomic E-state index is 11.6. The molecule has 154 valence electrons. The molecule has 1 fully saturated rings. The summed E-state index contributed by atoms with van der Waals surface area (Å²) in [5, 5.41) is 0.373. The number of carbonyl (C=O) groups excluding carboxylic acids is 1. The van der Waals surface area contributed by atoms with E-state index < -0.39 is 20.6 Å². The van der Waals surface area contributed by atoms with Crippen LogP contribution in [0.3, 0.4) is 0 Å². The van der Waals surface area contributed by atoms with E-state index in [-0.39, 0.29) is 22.3 Å². The van der Waals surface area contributed by atoms with Crippen molar-refractivity contribution < 1.29 is 18.7 Å². The molecule has 3 unspecified atom stereocenters. The van der Waals surface area contributed by atoms with Crippen LogP contribution in [0.4, 0.5) is 0 Å². The number of ether oxygens (including phenoxy) is 2. The summed E-state index contributed by atoms with van der Waals surface area (Å²) in [4.78, 5) is 24.1. The van der Waals surface area contributed by atoms with E-state index in [1.54, 1.807) is 10.9 Å². The van der Waals surface area contributed by atoms with Crippen LogP contribution < -0.4 is 0 Å². The number of hydrogen-bond donors (Lipinski definition) is 0. The Bertz CT molecular complexity index is 867. The van der Waals surface area contributed by atoms with Gasteiger partial charge in [0.2, 0.25) is 0 Å². The molecule has 2 aromatic rings. The number of halogens is 1. The zero-order chi connectivity index (χ0) is 20.7. The fourth-order valence-electron chi connectivity index (χ4n) is 2.91. The van der Waals surface area contributed by atoms with Crippen molar-refractivity contribution in [3.8, 4) is 0 Å². The van der Waals surface area contributed by atoms with Gasteiger partial charge < -0.3 is 13.9 Å². The summed E-state index contributed by atoms with van der Waals surface area (Å²) >= 11 is 6.10. The van der Waals surface area contributed by atoms with Gasteiger partial charge in [0.25, 0.3) is 0 Å². The van der Waals surface area contributed by atoms with Crippen LogP contribution in [0.1, 0.15) is 40.3 Å². The van der Waals surface area contributed by atoms with Gasteiger partial charge in [0, 0.05) is 13.3 Å². The lowest BCUT2D eigenvalue weighted by atomic mass is 10.2. The van der Waals surface area contributed by atoms with Gasteiger partial charge in [-0.1, -0.05) is 32.4 Å². The lowest BCUT2D eigenvalue weighted by Crippen LogP contribution is -2.42. The number of aromatic nitrogens is 4. The quantitative estimate of drug-likeness (QED) is 0.409. The molecule has 1 saturated heterocycles. The van der Waals surface area contributed by atoms with Crippen LogP contribution in [0.2, 0.25) is 23.3 Å². The molecule has 8 nitrogen and oxygen atoms in total. The van der Waals surface area contributed by atoms with Crippen molar-refractivity contribution in [2.75, 3.05) is 6.61 Å². The van der Waals surface area contributed by atoms with E-state index in [4.69, 9.17) is 25.5 Å². The largest absolute Gasteiger partial charge is 0.458 e. The summed E-state index contributed by atoms with van der Waals surface area (Å²) in [7, 11) is -1.91. The Balaban J connectivity index is 1.81. The molecule has 3 rings (SSSR count). The van der Waals surface area contributed by atoms with Gasteiger partial charge in [-0.05, 0) is 18.1 Å². The maximum absolute atomic E-state index is 11.6. The van der Waals surface area contributed by atoms with Crippen molar-refractivity contribution >= 4 is 37.1 Å². The van der Waals surface area contributed by atoms with E-state index in [0.29, 0.717) is 24.2 Å². The zero-order valence-electron chi connectivity index (χ0n) is 17.1. The molecule has 1 aliphatic heterocycles. The monoisotopic (exact) mass is 426 g/mol. The predicted molar refractivity (Wildman–Crippen MR) is 108 cm³/mol. The summed E-state index contributed by atoms with van der Waals surface area (Å²) in [6.45, 7) is 12.8. The highest BCUT2D eigenvalue weighted by Crippen LogP contribution is 2.38. The second kappa shape index (κ2) is 7.70. The van der Waals surface area contributed by atoms with Crippen molar-refractivity contribution in [2.24, 2.45) is 0 Å². The number of imidazole rings is 1. The predicted octanol–water partition coefficient (Wildman–Crippen LogP) is 3.72. The average molecular weight is 427 g/mol. The number of hydrogen-bond acceptors (Lipinski definition) is 7. The van der Waals surface area contributed by atoms with Gasteiger partial charge in [-0.3, -0.25) is 9.36 Å². The summed E-state index contributed by atoms with van der Waals surface area (Å²) in [5.74, 6) is -0.360. The lowest BCUT2D eigenvalue weighted by Gasteiger charge is -2.36. The molecule has 3 atom stereocenters. The molecule has 28 heavy (non-hydrogen) atoms. The van der Waals surface area contributed by atoms with Gasteiger partial charge in [-0.15, -0.1) is 0 Å². The molecule has 10 heteroatoms. The molecule has 0 N–H and O–H groups in total. The van der Waals surface area contributed by atoms with Crippen molar-refractivity contribution in [1.29, 1.82) is 0 Å². The van der Waals surface area contributed by atoms with E-state index >= 15 is 0 Å². The Morgan fingerprint density at radius 1 is 1.36 bits per heavy atom. The number of esters is 1. The third kappa shape index (κ3) is 4.22. The van der Waals surface area contributed by atoms with E-state index in [9.17, 15) is 4.79 Å². The maximum Gasteiger partial charge on any atom is 0.303 e. The van der Waals surface area contributed by atoms with Crippen molar-refractivity contribution in [2.45, 2.75) is 70.7 Å². The number of fused-ring (bicyclic) bond motifs is 1. The highest BCUT2D eigenvalue weighted by atomic mass is 35.5. The Labute approximate surface area is 170 Å². The number of carbonyl (C=O) groups is 1. The van der Waals surface area contributed by atoms with Crippen LogP contribution in [-0.4, -0.2) is 52.6 Å². The van der Waals surface area contributed by atoms with Gasteiger partial charge in [0.15, 0.2) is 25.3 Å². The molecule has 2 aromatic heterocycles. The zero-order valence-corrected chi connectivity index (χ0v) is 18.9. The third-order valence-corrected chi connectivity index (χ3v) is 10.3. The molecule has 0 radical (unpaired) electrons. The van der Waals surface area contributed by atoms with E-state index in [1.807, 2.05) is 0 Å². The summed E-state index contributed by atoms with van der Waals surface area (Å²) in [6, 6.07) is 0. The number of nitrogens with zero attached hydrogens (tertiary/aromatic N) is 4. The Kier molecular flexibility index (Phi) is 5.82. The summed E-state index contributed by atoms with van der Waals surface area (Å²) < 4.78 is 19.8. The van der Waals surface area contributed by atoms with Gasteiger partial charge >= 0.3 is 5.97 Å². The first-order valence-electron chi connectivity index (χ1n) is 9.29. The first kappa shape index (κ1) is 21.2. The minimum absolute atomic E-state index is 0.106. The van der Waals surface area contributed by atoms with Gasteiger partial charge in [0.1, 0.15) is 17.9 Å². The third-order valence-electron chi connectivity index (χ3n) is 5.49.